The van der Waals surface area contributed by atoms with E-state index in [9.17, 15) is 5.11 Å². The maximum atomic E-state index is 9.77. The monoisotopic (exact) mass is 154 g/mol. The molecule has 62 valence electrons. The molecule has 2 heterocycles. The summed E-state index contributed by atoms with van der Waals surface area (Å²) in [6, 6.07) is 0. The van der Waals surface area contributed by atoms with E-state index in [1.54, 1.807) is 0 Å². The summed E-state index contributed by atoms with van der Waals surface area (Å²) in [5.41, 5.74) is 1.00. The van der Waals surface area contributed by atoms with E-state index in [1.807, 2.05) is 0 Å². The first-order chi connectivity index (χ1) is 5.02. The van der Waals surface area contributed by atoms with Gasteiger partial charge in [-0.25, -0.2) is 0 Å². The largest absolute Gasteiger partial charge is 0.365 e. The minimum atomic E-state index is -0.871. The Hall–Kier alpha value is -0.340. The summed E-state index contributed by atoms with van der Waals surface area (Å²) < 4.78 is 5.54. The second-order valence-electron chi connectivity index (χ2n) is 4.10. The molecule has 0 spiro atoms. The molecule has 2 saturated heterocycles. The first-order valence-corrected chi connectivity index (χ1v) is 4.11. The van der Waals surface area contributed by atoms with Crippen LogP contribution in [0, 0.1) is 0 Å². The lowest BCUT2D eigenvalue weighted by atomic mass is 9.94. The molecule has 0 aromatic rings. The Balaban J connectivity index is 2.28. The fourth-order valence-electron chi connectivity index (χ4n) is 2.25. The van der Waals surface area contributed by atoms with Gasteiger partial charge >= 0.3 is 0 Å². The summed E-state index contributed by atoms with van der Waals surface area (Å²) in [7, 11) is 0. The maximum Gasteiger partial charge on any atom is 0.169 e. The molecule has 0 amide bonds. The second-order valence-corrected chi connectivity index (χ2v) is 4.10. The van der Waals surface area contributed by atoms with Crippen molar-refractivity contribution in [1.29, 1.82) is 0 Å². The molecular formula is C9H14O2. The van der Waals surface area contributed by atoms with E-state index in [1.165, 1.54) is 0 Å². The fraction of sp³-hybridized carbons (Fsp3) is 0.778. The van der Waals surface area contributed by atoms with Crippen LogP contribution < -0.4 is 0 Å². The number of ether oxygens (including phenoxy) is 1. The molecule has 0 unspecified atom stereocenters. The molecule has 2 rings (SSSR count). The predicted octanol–water partition coefficient (Wildman–Crippen LogP) is 1.59. The first-order valence-electron chi connectivity index (χ1n) is 4.11. The molecule has 2 aliphatic heterocycles. The smallest absolute Gasteiger partial charge is 0.169 e. The Morgan fingerprint density at radius 3 is 2.82 bits per heavy atom. The van der Waals surface area contributed by atoms with E-state index < -0.39 is 5.79 Å². The van der Waals surface area contributed by atoms with Crippen LogP contribution in [0.4, 0.5) is 0 Å². The highest BCUT2D eigenvalue weighted by molar-refractivity contribution is 5.12. The molecule has 1 N–H and O–H groups in total. The SMILES string of the molecule is C=C1C[C@]2(C)CC[C@](O)(C1)O2. The van der Waals surface area contributed by atoms with Gasteiger partial charge in [0.1, 0.15) is 0 Å². The molecule has 0 radical (unpaired) electrons. The van der Waals surface area contributed by atoms with Gasteiger partial charge in [0.2, 0.25) is 0 Å². The lowest BCUT2D eigenvalue weighted by Gasteiger charge is -2.35. The highest BCUT2D eigenvalue weighted by Crippen LogP contribution is 2.47. The van der Waals surface area contributed by atoms with Crippen LogP contribution in [0.5, 0.6) is 0 Å². The predicted molar refractivity (Wildman–Crippen MR) is 42.0 cm³/mol. The van der Waals surface area contributed by atoms with Crippen molar-refractivity contribution in [3.8, 4) is 0 Å². The summed E-state index contributed by atoms with van der Waals surface area (Å²) >= 11 is 0. The molecular weight excluding hydrogens is 140 g/mol. The van der Waals surface area contributed by atoms with E-state index in [4.69, 9.17) is 4.74 Å². The molecule has 2 atom stereocenters. The highest BCUT2D eigenvalue weighted by atomic mass is 16.6. The van der Waals surface area contributed by atoms with Crippen molar-refractivity contribution in [1.82, 2.24) is 0 Å². The van der Waals surface area contributed by atoms with Gasteiger partial charge in [0, 0.05) is 12.8 Å². The zero-order chi connectivity index (χ0) is 8.11. The van der Waals surface area contributed by atoms with Crippen LogP contribution in [-0.2, 0) is 4.74 Å². The summed E-state index contributed by atoms with van der Waals surface area (Å²) in [4.78, 5) is 0. The van der Waals surface area contributed by atoms with Gasteiger partial charge in [0.15, 0.2) is 5.79 Å². The average Bonchev–Trinajstić information content (AvgIpc) is 2.01. The lowest BCUT2D eigenvalue weighted by Crippen LogP contribution is -2.38. The van der Waals surface area contributed by atoms with Gasteiger partial charge in [-0.05, 0) is 19.8 Å². The topological polar surface area (TPSA) is 29.5 Å². The Kier molecular flexibility index (Phi) is 1.25. The van der Waals surface area contributed by atoms with Gasteiger partial charge in [-0.2, -0.15) is 0 Å². The first kappa shape index (κ1) is 7.32. The van der Waals surface area contributed by atoms with E-state index in [0.717, 1.165) is 24.8 Å². The van der Waals surface area contributed by atoms with Crippen LogP contribution in [0.1, 0.15) is 32.6 Å². The number of aliphatic hydroxyl groups is 1. The van der Waals surface area contributed by atoms with Gasteiger partial charge in [-0.15, -0.1) is 0 Å². The van der Waals surface area contributed by atoms with E-state index in [2.05, 4.69) is 13.5 Å². The van der Waals surface area contributed by atoms with Gasteiger partial charge in [0.05, 0.1) is 5.60 Å². The normalized spacial score (nSPS) is 49.8. The van der Waals surface area contributed by atoms with Gasteiger partial charge in [0.25, 0.3) is 0 Å². The van der Waals surface area contributed by atoms with E-state index in [0.29, 0.717) is 6.42 Å². The zero-order valence-electron chi connectivity index (χ0n) is 6.89. The summed E-state index contributed by atoms with van der Waals surface area (Å²) in [6.45, 7) is 5.96. The Bertz CT molecular complexity index is 192. The highest BCUT2D eigenvalue weighted by Gasteiger charge is 2.49. The van der Waals surface area contributed by atoms with Crippen LogP contribution >= 0.6 is 0 Å². The van der Waals surface area contributed by atoms with Crippen LogP contribution in [0.25, 0.3) is 0 Å². The third-order valence-corrected chi connectivity index (χ3v) is 2.63. The fourth-order valence-corrected chi connectivity index (χ4v) is 2.25. The van der Waals surface area contributed by atoms with E-state index in [-0.39, 0.29) is 5.60 Å². The molecule has 2 heteroatoms. The second kappa shape index (κ2) is 1.87. The molecule has 0 aliphatic carbocycles. The zero-order valence-corrected chi connectivity index (χ0v) is 6.89. The van der Waals surface area contributed by atoms with Crippen molar-refractivity contribution in [2.45, 2.75) is 44.0 Å². The molecule has 2 aliphatic rings. The van der Waals surface area contributed by atoms with E-state index >= 15 is 0 Å². The summed E-state index contributed by atoms with van der Waals surface area (Å²) in [6.07, 6.45) is 3.27. The number of hydrogen-bond acceptors (Lipinski definition) is 2. The van der Waals surface area contributed by atoms with Gasteiger partial charge in [-0.3, -0.25) is 0 Å². The number of rotatable bonds is 0. The van der Waals surface area contributed by atoms with Crippen molar-refractivity contribution in [3.05, 3.63) is 12.2 Å². The third kappa shape index (κ3) is 1.10. The van der Waals surface area contributed by atoms with Crippen molar-refractivity contribution in [2.75, 3.05) is 0 Å². The third-order valence-electron chi connectivity index (χ3n) is 2.63. The van der Waals surface area contributed by atoms with Crippen LogP contribution in [0.15, 0.2) is 12.2 Å². The molecule has 2 fully saturated rings. The lowest BCUT2D eigenvalue weighted by molar-refractivity contribution is -0.230. The minimum absolute atomic E-state index is 0.121. The number of hydrogen-bond donors (Lipinski definition) is 1. The Morgan fingerprint density at radius 1 is 1.45 bits per heavy atom. The molecule has 0 aromatic carbocycles. The standard InChI is InChI=1S/C9H14O2/c1-7-5-8(2)3-4-9(10,6-7)11-8/h10H,1,3-6H2,2H3/t8-,9+/m0/s1. The molecule has 0 aromatic heterocycles. The Labute approximate surface area is 66.9 Å². The maximum absolute atomic E-state index is 9.77. The van der Waals surface area contributed by atoms with Crippen LogP contribution in [0.2, 0.25) is 0 Å². The number of fused-ring (bicyclic) bond motifs is 2. The van der Waals surface area contributed by atoms with Gasteiger partial charge < -0.3 is 9.84 Å². The van der Waals surface area contributed by atoms with Crippen LogP contribution in [0.3, 0.4) is 0 Å². The van der Waals surface area contributed by atoms with Crippen molar-refractivity contribution < 1.29 is 9.84 Å². The minimum Gasteiger partial charge on any atom is -0.365 e. The van der Waals surface area contributed by atoms with Crippen LogP contribution in [-0.4, -0.2) is 16.5 Å². The Morgan fingerprint density at radius 2 is 2.18 bits per heavy atom. The summed E-state index contributed by atoms with van der Waals surface area (Å²) in [5, 5.41) is 9.77. The summed E-state index contributed by atoms with van der Waals surface area (Å²) in [5.74, 6) is -0.871. The quantitative estimate of drug-likeness (QED) is 0.537. The molecule has 2 nitrogen and oxygen atoms in total. The molecule has 11 heavy (non-hydrogen) atoms. The molecule has 0 saturated carbocycles. The van der Waals surface area contributed by atoms with Crippen molar-refractivity contribution in [3.63, 3.8) is 0 Å². The molecule has 2 bridgehead atoms. The average molecular weight is 154 g/mol. The van der Waals surface area contributed by atoms with Crippen molar-refractivity contribution in [2.24, 2.45) is 0 Å². The van der Waals surface area contributed by atoms with Crippen molar-refractivity contribution >= 4 is 0 Å². The van der Waals surface area contributed by atoms with Gasteiger partial charge in [-0.1, -0.05) is 12.2 Å².